The van der Waals surface area contributed by atoms with Crippen LogP contribution in [0, 0.1) is 0 Å². The molecule has 1 saturated carbocycles. The van der Waals surface area contributed by atoms with Gasteiger partial charge in [-0.1, -0.05) is 13.8 Å². The van der Waals surface area contributed by atoms with Crippen molar-refractivity contribution in [1.29, 1.82) is 0 Å². The normalized spacial score (nSPS) is 48.2. The quantitative estimate of drug-likeness (QED) is 0.782. The molecular formula is C12H21NO3. The highest BCUT2D eigenvalue weighted by molar-refractivity contribution is 5.22. The fraction of sp³-hybridized carbons (Fsp3) is 1.00. The zero-order chi connectivity index (χ0) is 11.6. The van der Waals surface area contributed by atoms with Crippen molar-refractivity contribution >= 4 is 0 Å². The smallest absolute Gasteiger partial charge is 0.164 e. The third-order valence-electron chi connectivity index (χ3n) is 3.62. The van der Waals surface area contributed by atoms with Gasteiger partial charge in [0.15, 0.2) is 5.79 Å². The monoisotopic (exact) mass is 227 g/mol. The zero-order valence-electron chi connectivity index (χ0n) is 10.4. The molecule has 16 heavy (non-hydrogen) atoms. The van der Waals surface area contributed by atoms with Gasteiger partial charge in [-0.3, -0.25) is 0 Å². The predicted octanol–water partition coefficient (Wildman–Crippen LogP) is 1.05. The highest BCUT2D eigenvalue weighted by atomic mass is 16.8. The van der Waals surface area contributed by atoms with Crippen LogP contribution >= 0.6 is 0 Å². The molecule has 3 rings (SSSR count). The molecule has 0 bridgehead atoms. The van der Waals surface area contributed by atoms with E-state index in [1.54, 1.807) is 0 Å². The van der Waals surface area contributed by atoms with E-state index in [0.717, 1.165) is 13.0 Å². The maximum Gasteiger partial charge on any atom is 0.164 e. The van der Waals surface area contributed by atoms with Gasteiger partial charge in [0.25, 0.3) is 0 Å². The van der Waals surface area contributed by atoms with E-state index < -0.39 is 5.79 Å². The fourth-order valence-corrected chi connectivity index (χ4v) is 2.93. The lowest BCUT2D eigenvalue weighted by atomic mass is 10.1. The Bertz CT molecular complexity index is 305. The molecule has 4 heteroatoms. The second kappa shape index (κ2) is 3.19. The Kier molecular flexibility index (Phi) is 2.19. The molecule has 2 aliphatic heterocycles. The minimum Gasteiger partial charge on any atom is -0.368 e. The van der Waals surface area contributed by atoms with Crippen molar-refractivity contribution in [2.24, 2.45) is 0 Å². The van der Waals surface area contributed by atoms with Crippen LogP contribution in [0.1, 0.15) is 34.1 Å². The van der Waals surface area contributed by atoms with Gasteiger partial charge < -0.3 is 19.5 Å². The molecule has 3 fully saturated rings. The first-order chi connectivity index (χ1) is 7.43. The van der Waals surface area contributed by atoms with Crippen LogP contribution in [0.3, 0.4) is 0 Å². The summed E-state index contributed by atoms with van der Waals surface area (Å²) in [5, 5.41) is 3.40. The minimum absolute atomic E-state index is 0.110. The molecule has 1 unspecified atom stereocenters. The van der Waals surface area contributed by atoms with Gasteiger partial charge >= 0.3 is 0 Å². The molecule has 0 aromatic rings. The summed E-state index contributed by atoms with van der Waals surface area (Å²) in [6.45, 7) is 9.10. The van der Waals surface area contributed by atoms with Gasteiger partial charge in [-0.25, -0.2) is 0 Å². The van der Waals surface area contributed by atoms with E-state index in [1.165, 1.54) is 0 Å². The number of ether oxygens (including phenoxy) is 3. The van der Waals surface area contributed by atoms with E-state index in [4.69, 9.17) is 14.2 Å². The molecule has 2 saturated heterocycles. The number of nitrogens with one attached hydrogen (secondary N) is 1. The minimum atomic E-state index is -0.445. The van der Waals surface area contributed by atoms with Crippen LogP contribution in [0.4, 0.5) is 0 Å². The van der Waals surface area contributed by atoms with Gasteiger partial charge in [0, 0.05) is 19.0 Å². The molecule has 4 atom stereocenters. The summed E-state index contributed by atoms with van der Waals surface area (Å²) in [6.07, 6.45) is 1.51. The van der Waals surface area contributed by atoms with Gasteiger partial charge in [-0.2, -0.15) is 0 Å². The first-order valence-corrected chi connectivity index (χ1v) is 6.20. The topological polar surface area (TPSA) is 39.7 Å². The maximum atomic E-state index is 6.00. The summed E-state index contributed by atoms with van der Waals surface area (Å²) in [4.78, 5) is 0. The summed E-state index contributed by atoms with van der Waals surface area (Å²) < 4.78 is 17.9. The SMILES string of the molecule is CC(C)NCC1O[C@H]2C[C@]23OC(C)(C)O[C@H]13. The molecule has 4 nitrogen and oxygen atoms in total. The van der Waals surface area contributed by atoms with Crippen LogP contribution < -0.4 is 5.32 Å². The van der Waals surface area contributed by atoms with Crippen molar-refractivity contribution in [1.82, 2.24) is 5.32 Å². The maximum absolute atomic E-state index is 6.00. The lowest BCUT2D eigenvalue weighted by Gasteiger charge is -2.23. The van der Waals surface area contributed by atoms with Gasteiger partial charge in [-0.05, 0) is 13.8 Å². The highest BCUT2D eigenvalue weighted by Crippen LogP contribution is 2.60. The number of rotatable bonds is 3. The van der Waals surface area contributed by atoms with Gasteiger partial charge in [0.1, 0.15) is 11.7 Å². The Hall–Kier alpha value is -0.160. The lowest BCUT2D eigenvalue weighted by Crippen LogP contribution is -2.42. The molecular weight excluding hydrogens is 206 g/mol. The molecule has 0 radical (unpaired) electrons. The molecule has 3 aliphatic rings. The third kappa shape index (κ3) is 1.51. The van der Waals surface area contributed by atoms with Crippen molar-refractivity contribution in [3.63, 3.8) is 0 Å². The Balaban J connectivity index is 1.68. The summed E-state index contributed by atoms with van der Waals surface area (Å²) >= 11 is 0. The molecule has 2 heterocycles. The number of hydrogen-bond acceptors (Lipinski definition) is 4. The Labute approximate surface area is 96.6 Å². The van der Waals surface area contributed by atoms with E-state index in [-0.39, 0.29) is 23.9 Å². The van der Waals surface area contributed by atoms with Gasteiger partial charge in [0.05, 0.1) is 12.2 Å². The average Bonchev–Trinajstić information content (AvgIpc) is 2.62. The van der Waals surface area contributed by atoms with Crippen LogP contribution in [-0.4, -0.2) is 42.3 Å². The Morgan fingerprint density at radius 3 is 2.81 bits per heavy atom. The summed E-state index contributed by atoms with van der Waals surface area (Å²) in [5.74, 6) is -0.445. The average molecular weight is 227 g/mol. The Morgan fingerprint density at radius 2 is 2.12 bits per heavy atom. The summed E-state index contributed by atoms with van der Waals surface area (Å²) in [6, 6.07) is 0.479. The van der Waals surface area contributed by atoms with Crippen molar-refractivity contribution in [3.05, 3.63) is 0 Å². The third-order valence-corrected chi connectivity index (χ3v) is 3.62. The molecule has 0 aromatic carbocycles. The number of hydrogen-bond donors (Lipinski definition) is 1. The lowest BCUT2D eigenvalue weighted by molar-refractivity contribution is -0.175. The summed E-state index contributed by atoms with van der Waals surface area (Å²) in [5.41, 5.74) is -0.118. The van der Waals surface area contributed by atoms with Crippen LogP contribution in [0.25, 0.3) is 0 Å². The molecule has 1 N–H and O–H groups in total. The summed E-state index contributed by atoms with van der Waals surface area (Å²) in [7, 11) is 0. The molecule has 1 aliphatic carbocycles. The largest absolute Gasteiger partial charge is 0.368 e. The van der Waals surface area contributed by atoms with E-state index >= 15 is 0 Å². The van der Waals surface area contributed by atoms with E-state index in [9.17, 15) is 0 Å². The first kappa shape index (κ1) is 11.0. The van der Waals surface area contributed by atoms with Crippen molar-refractivity contribution in [2.75, 3.05) is 6.54 Å². The fourth-order valence-electron chi connectivity index (χ4n) is 2.93. The molecule has 1 spiro atoms. The highest BCUT2D eigenvalue weighted by Gasteiger charge is 2.75. The van der Waals surface area contributed by atoms with Gasteiger partial charge in [0.2, 0.25) is 0 Å². The van der Waals surface area contributed by atoms with E-state index in [1.807, 2.05) is 13.8 Å². The standard InChI is InChI=1S/C12H21NO3/c1-7(2)13-6-8-10-12(5-9(12)14-8)16-11(3,4)15-10/h7-10,13H,5-6H2,1-4H3/t8?,9-,10+,12-/m0/s1. The van der Waals surface area contributed by atoms with E-state index in [0.29, 0.717) is 6.04 Å². The molecule has 0 amide bonds. The van der Waals surface area contributed by atoms with Crippen molar-refractivity contribution < 1.29 is 14.2 Å². The van der Waals surface area contributed by atoms with E-state index in [2.05, 4.69) is 19.2 Å². The van der Waals surface area contributed by atoms with Crippen molar-refractivity contribution in [3.8, 4) is 0 Å². The van der Waals surface area contributed by atoms with Crippen LogP contribution in [0.2, 0.25) is 0 Å². The first-order valence-electron chi connectivity index (χ1n) is 6.20. The second-order valence-electron chi connectivity index (χ2n) is 5.93. The van der Waals surface area contributed by atoms with Crippen LogP contribution in [0.5, 0.6) is 0 Å². The zero-order valence-corrected chi connectivity index (χ0v) is 10.4. The van der Waals surface area contributed by atoms with Crippen LogP contribution in [-0.2, 0) is 14.2 Å². The molecule has 92 valence electrons. The predicted molar refractivity (Wildman–Crippen MR) is 59.2 cm³/mol. The molecule has 0 aromatic heterocycles. The van der Waals surface area contributed by atoms with Crippen LogP contribution in [0.15, 0.2) is 0 Å². The van der Waals surface area contributed by atoms with Crippen molar-refractivity contribution in [2.45, 2.75) is 69.9 Å². The van der Waals surface area contributed by atoms with Gasteiger partial charge in [-0.15, -0.1) is 0 Å². The second-order valence-corrected chi connectivity index (χ2v) is 5.93. The Morgan fingerprint density at radius 1 is 1.38 bits per heavy atom.